The first-order valence-corrected chi connectivity index (χ1v) is 3.54. The molecule has 0 aliphatic carbocycles. The van der Waals surface area contributed by atoms with Crippen molar-refractivity contribution < 1.29 is 18.0 Å². The van der Waals surface area contributed by atoms with Crippen LogP contribution in [0.15, 0.2) is 0 Å². The topological polar surface area (TPSA) is 83.6 Å². The molecule has 0 aromatic carbocycles. The third-order valence-electron chi connectivity index (χ3n) is 1.48. The first-order chi connectivity index (χ1) is 6.88. The fraction of sp³-hybridized carbons (Fsp3) is 0.333. The van der Waals surface area contributed by atoms with Gasteiger partial charge in [0.25, 0.3) is 5.91 Å². The van der Waals surface area contributed by atoms with Crippen molar-refractivity contribution in [3.63, 3.8) is 0 Å². The van der Waals surface area contributed by atoms with Crippen LogP contribution in [-0.4, -0.2) is 20.9 Å². The van der Waals surface area contributed by atoms with Gasteiger partial charge in [0.1, 0.15) is 0 Å². The molecule has 80 valence electrons. The Kier molecular flexibility index (Phi) is 2.61. The molecule has 0 aliphatic heterocycles. The fourth-order valence-electron chi connectivity index (χ4n) is 0.938. The van der Waals surface area contributed by atoms with E-state index in [9.17, 15) is 18.0 Å². The minimum atomic E-state index is -4.75. The number of aryl methyl sites for hydroxylation is 1. The van der Waals surface area contributed by atoms with Crippen LogP contribution in [0.3, 0.4) is 0 Å². The summed E-state index contributed by atoms with van der Waals surface area (Å²) in [5, 5.41) is 15.7. The van der Waals surface area contributed by atoms with Crippen LogP contribution < -0.4 is 5.32 Å². The standard InChI is InChI=1S/C6H4F3N5O/c1-14-4(6(7,8)9)3(12-13-14)5(15)11-2-10/h1H3,(H,11,15). The van der Waals surface area contributed by atoms with Gasteiger partial charge in [-0.3, -0.25) is 10.1 Å². The summed E-state index contributed by atoms with van der Waals surface area (Å²) in [7, 11) is 0.999. The lowest BCUT2D eigenvalue weighted by Crippen LogP contribution is -2.23. The maximum atomic E-state index is 12.4. The molecular formula is C6H4F3N5O. The van der Waals surface area contributed by atoms with Crippen LogP contribution in [0.5, 0.6) is 0 Å². The summed E-state index contributed by atoms with van der Waals surface area (Å²) in [5.74, 6) is -1.24. The highest BCUT2D eigenvalue weighted by molar-refractivity contribution is 5.94. The number of nitriles is 1. The number of halogens is 3. The first kappa shape index (κ1) is 11.0. The Bertz CT molecular complexity index is 429. The zero-order valence-electron chi connectivity index (χ0n) is 7.33. The van der Waals surface area contributed by atoms with Gasteiger partial charge in [0.2, 0.25) is 0 Å². The lowest BCUT2D eigenvalue weighted by atomic mass is 10.3. The van der Waals surface area contributed by atoms with E-state index in [2.05, 4.69) is 10.3 Å². The number of amides is 1. The molecule has 0 unspecified atom stereocenters. The van der Waals surface area contributed by atoms with E-state index < -0.39 is 23.5 Å². The number of alkyl halides is 3. The van der Waals surface area contributed by atoms with Crippen molar-refractivity contribution in [1.82, 2.24) is 20.3 Å². The van der Waals surface area contributed by atoms with Crippen LogP contribution in [0.1, 0.15) is 16.2 Å². The van der Waals surface area contributed by atoms with Crippen LogP contribution >= 0.6 is 0 Å². The molecule has 1 heterocycles. The zero-order chi connectivity index (χ0) is 11.6. The first-order valence-electron chi connectivity index (χ1n) is 3.54. The Morgan fingerprint density at radius 2 is 2.20 bits per heavy atom. The summed E-state index contributed by atoms with van der Waals surface area (Å²) in [6, 6.07) is 0. The minimum absolute atomic E-state index is 0.423. The number of nitrogens with one attached hydrogen (secondary N) is 1. The highest BCUT2D eigenvalue weighted by Gasteiger charge is 2.40. The number of carbonyl (C=O) groups is 1. The minimum Gasteiger partial charge on any atom is -0.266 e. The zero-order valence-corrected chi connectivity index (χ0v) is 7.33. The van der Waals surface area contributed by atoms with Gasteiger partial charge in [-0.2, -0.15) is 18.4 Å². The number of rotatable bonds is 1. The Balaban J connectivity index is 3.22. The van der Waals surface area contributed by atoms with E-state index in [4.69, 9.17) is 5.26 Å². The predicted octanol–water partition coefficient (Wildman–Crippen LogP) is 0.0448. The van der Waals surface area contributed by atoms with Crippen molar-refractivity contribution in [3.8, 4) is 6.19 Å². The molecule has 6 nitrogen and oxygen atoms in total. The summed E-state index contributed by atoms with van der Waals surface area (Å²) in [5.41, 5.74) is -2.22. The van der Waals surface area contributed by atoms with Gasteiger partial charge in [0, 0.05) is 7.05 Å². The molecule has 0 aliphatic rings. The average Bonchev–Trinajstić information content (AvgIpc) is 2.46. The molecular weight excluding hydrogens is 215 g/mol. The molecule has 0 spiro atoms. The summed E-state index contributed by atoms with van der Waals surface area (Å²) < 4.78 is 37.6. The van der Waals surface area contributed by atoms with Crippen LogP contribution in [0.4, 0.5) is 13.2 Å². The molecule has 1 rings (SSSR count). The number of nitrogens with zero attached hydrogens (tertiary/aromatic N) is 4. The van der Waals surface area contributed by atoms with E-state index in [-0.39, 0.29) is 0 Å². The second kappa shape index (κ2) is 3.56. The van der Waals surface area contributed by atoms with E-state index in [1.807, 2.05) is 0 Å². The molecule has 0 fully saturated rings. The van der Waals surface area contributed by atoms with E-state index in [1.54, 1.807) is 0 Å². The average molecular weight is 219 g/mol. The van der Waals surface area contributed by atoms with E-state index in [1.165, 1.54) is 11.5 Å². The van der Waals surface area contributed by atoms with Crippen molar-refractivity contribution in [2.75, 3.05) is 0 Å². The van der Waals surface area contributed by atoms with Crippen LogP contribution in [-0.2, 0) is 13.2 Å². The molecule has 1 N–H and O–H groups in total. The van der Waals surface area contributed by atoms with Gasteiger partial charge in [-0.15, -0.1) is 5.10 Å². The van der Waals surface area contributed by atoms with Crippen LogP contribution in [0.25, 0.3) is 0 Å². The third-order valence-corrected chi connectivity index (χ3v) is 1.48. The van der Waals surface area contributed by atoms with Gasteiger partial charge in [0.15, 0.2) is 17.6 Å². The van der Waals surface area contributed by atoms with E-state index >= 15 is 0 Å². The second-order valence-corrected chi connectivity index (χ2v) is 2.47. The van der Waals surface area contributed by atoms with Crippen LogP contribution in [0.2, 0.25) is 0 Å². The Morgan fingerprint density at radius 3 is 2.67 bits per heavy atom. The second-order valence-electron chi connectivity index (χ2n) is 2.47. The monoisotopic (exact) mass is 219 g/mol. The molecule has 0 bridgehead atoms. The van der Waals surface area contributed by atoms with Gasteiger partial charge < -0.3 is 0 Å². The summed E-state index contributed by atoms with van der Waals surface area (Å²) in [6.45, 7) is 0. The number of aromatic nitrogens is 3. The molecule has 0 saturated carbocycles. The Labute approximate surface area is 81.3 Å². The number of hydrogen-bond donors (Lipinski definition) is 1. The van der Waals surface area contributed by atoms with Crippen molar-refractivity contribution in [2.45, 2.75) is 6.18 Å². The fourth-order valence-corrected chi connectivity index (χ4v) is 0.938. The number of carbonyl (C=O) groups excluding carboxylic acids is 1. The molecule has 1 amide bonds. The van der Waals surface area contributed by atoms with E-state index in [0.717, 1.165) is 7.05 Å². The molecule has 1 aromatic heterocycles. The SMILES string of the molecule is Cn1nnc(C(=O)NC#N)c1C(F)(F)F. The van der Waals surface area contributed by atoms with Gasteiger partial charge in [-0.25, -0.2) is 4.68 Å². The van der Waals surface area contributed by atoms with Gasteiger partial charge in [-0.1, -0.05) is 5.21 Å². The quantitative estimate of drug-likeness (QED) is 0.534. The van der Waals surface area contributed by atoms with E-state index in [0.29, 0.717) is 4.68 Å². The smallest absolute Gasteiger partial charge is 0.266 e. The lowest BCUT2D eigenvalue weighted by molar-refractivity contribution is -0.144. The maximum absolute atomic E-state index is 12.4. The molecule has 0 atom stereocenters. The third kappa shape index (κ3) is 2.04. The maximum Gasteiger partial charge on any atom is 0.435 e. The predicted molar refractivity (Wildman–Crippen MR) is 39.1 cm³/mol. The van der Waals surface area contributed by atoms with Gasteiger partial charge in [0.05, 0.1) is 0 Å². The molecule has 0 radical (unpaired) electrons. The lowest BCUT2D eigenvalue weighted by Gasteiger charge is -2.06. The van der Waals surface area contributed by atoms with Gasteiger partial charge in [-0.05, 0) is 0 Å². The Hall–Kier alpha value is -2.11. The highest BCUT2D eigenvalue weighted by atomic mass is 19.4. The Morgan fingerprint density at radius 1 is 1.60 bits per heavy atom. The summed E-state index contributed by atoms with van der Waals surface area (Å²) >= 11 is 0. The normalized spacial score (nSPS) is 10.9. The van der Waals surface area contributed by atoms with Crippen molar-refractivity contribution in [2.24, 2.45) is 7.05 Å². The number of hydrogen-bond acceptors (Lipinski definition) is 4. The van der Waals surface area contributed by atoms with Crippen molar-refractivity contribution >= 4 is 5.91 Å². The highest BCUT2D eigenvalue weighted by Crippen LogP contribution is 2.30. The van der Waals surface area contributed by atoms with Crippen LogP contribution in [0, 0.1) is 11.5 Å². The van der Waals surface area contributed by atoms with Crippen molar-refractivity contribution in [3.05, 3.63) is 11.4 Å². The molecule has 15 heavy (non-hydrogen) atoms. The largest absolute Gasteiger partial charge is 0.435 e. The summed E-state index contributed by atoms with van der Waals surface area (Å²) in [6.07, 6.45) is -3.54. The van der Waals surface area contributed by atoms with Crippen molar-refractivity contribution in [1.29, 1.82) is 5.26 Å². The molecule has 9 heteroatoms. The molecule has 1 aromatic rings. The summed E-state index contributed by atoms with van der Waals surface area (Å²) in [4.78, 5) is 11.0. The van der Waals surface area contributed by atoms with Gasteiger partial charge >= 0.3 is 6.18 Å². The molecule has 0 saturated heterocycles.